The highest BCUT2D eigenvalue weighted by atomic mass is 19.1. The number of fused-ring (bicyclic) bond motifs is 8. The summed E-state index contributed by atoms with van der Waals surface area (Å²) < 4.78 is 16.9. The lowest BCUT2D eigenvalue weighted by Gasteiger charge is -2.40. The number of halogens is 1. The standard InChI is InChI=1S/C64H50FN3/c1-63(2)55-23-11-9-21-51(55)52-35-33-49(39-56(52)63)67(50-34-36-54-53-22-10-12-24-57(53)68(60(54)40-50)48-31-29-45(65)30-32-48)59-26-14-16-42-38-44-28-27-43-37-41-15-13-25-58(61(41)64(43,44)62(42)59)66(46-17-5-3-6-18-46)47-19-7-4-8-20-47/h3-26,29-36,39-40,43-44H,27-28,37-38H2,1-2H3. The molecule has 10 aromatic rings. The summed E-state index contributed by atoms with van der Waals surface area (Å²) in [6.07, 6.45) is 4.54. The quantitative estimate of drug-likeness (QED) is 0.158. The second kappa shape index (κ2) is 14.7. The van der Waals surface area contributed by atoms with Crippen LogP contribution in [-0.2, 0) is 23.7 Å². The van der Waals surface area contributed by atoms with Gasteiger partial charge < -0.3 is 14.4 Å². The summed E-state index contributed by atoms with van der Waals surface area (Å²) in [7, 11) is 0. The number of hydrogen-bond donors (Lipinski definition) is 0. The van der Waals surface area contributed by atoms with Crippen molar-refractivity contribution < 1.29 is 4.39 Å². The Kier molecular flexibility index (Phi) is 8.51. The minimum atomic E-state index is -0.240. The molecule has 328 valence electrons. The van der Waals surface area contributed by atoms with Crippen LogP contribution in [0.1, 0.15) is 60.1 Å². The summed E-state index contributed by atoms with van der Waals surface area (Å²) in [5.74, 6) is 0.702. The lowest BCUT2D eigenvalue weighted by Crippen LogP contribution is -2.34. The smallest absolute Gasteiger partial charge is 0.123 e. The Morgan fingerprint density at radius 2 is 1.00 bits per heavy atom. The highest BCUT2D eigenvalue weighted by Gasteiger charge is 2.62. The molecule has 0 aliphatic heterocycles. The van der Waals surface area contributed by atoms with Crippen molar-refractivity contribution in [3.8, 4) is 16.8 Å². The van der Waals surface area contributed by atoms with E-state index in [1.165, 1.54) is 90.9 Å². The zero-order valence-corrected chi connectivity index (χ0v) is 38.3. The van der Waals surface area contributed by atoms with Gasteiger partial charge in [0.2, 0.25) is 0 Å². The van der Waals surface area contributed by atoms with Crippen LogP contribution in [0.3, 0.4) is 0 Å². The van der Waals surface area contributed by atoms with Gasteiger partial charge >= 0.3 is 0 Å². The third-order valence-corrected chi connectivity index (χ3v) is 16.5. The fourth-order valence-electron chi connectivity index (χ4n) is 13.8. The van der Waals surface area contributed by atoms with Crippen LogP contribution >= 0.6 is 0 Å². The highest BCUT2D eigenvalue weighted by Crippen LogP contribution is 2.69. The minimum Gasteiger partial charge on any atom is -0.310 e. The molecule has 1 saturated carbocycles. The van der Waals surface area contributed by atoms with Gasteiger partial charge in [-0.2, -0.15) is 0 Å². The Labute approximate surface area is 397 Å². The third-order valence-electron chi connectivity index (χ3n) is 16.5. The minimum absolute atomic E-state index is 0.177. The molecule has 1 aromatic heterocycles. The average molecular weight is 880 g/mol. The second-order valence-electron chi connectivity index (χ2n) is 20.1. The number of nitrogens with zero attached hydrogens (tertiary/aromatic N) is 3. The van der Waals surface area contributed by atoms with Crippen LogP contribution in [0.15, 0.2) is 206 Å². The Morgan fingerprint density at radius 1 is 0.456 bits per heavy atom. The van der Waals surface area contributed by atoms with Gasteiger partial charge in [0.15, 0.2) is 0 Å². The fraction of sp³-hybridized carbons (Fsp3) is 0.156. The number of benzene rings is 9. The normalized spacial score (nSPS) is 19.0. The first-order valence-corrected chi connectivity index (χ1v) is 24.4. The van der Waals surface area contributed by atoms with E-state index in [0.29, 0.717) is 11.8 Å². The molecule has 9 aromatic carbocycles. The molecular formula is C64H50FN3. The molecule has 1 heterocycles. The Balaban J connectivity index is 1.04. The maximum atomic E-state index is 14.5. The lowest BCUT2D eigenvalue weighted by molar-refractivity contribution is 0.350. The highest BCUT2D eigenvalue weighted by molar-refractivity contribution is 6.10. The van der Waals surface area contributed by atoms with Crippen LogP contribution in [-0.4, -0.2) is 4.57 Å². The second-order valence-corrected chi connectivity index (χ2v) is 20.1. The van der Waals surface area contributed by atoms with Gasteiger partial charge in [-0.15, -0.1) is 0 Å². The van der Waals surface area contributed by atoms with E-state index in [4.69, 9.17) is 0 Å². The van der Waals surface area contributed by atoms with E-state index in [-0.39, 0.29) is 16.6 Å². The molecule has 4 heteroatoms. The maximum absolute atomic E-state index is 14.5. The molecule has 14 rings (SSSR count). The molecule has 68 heavy (non-hydrogen) atoms. The van der Waals surface area contributed by atoms with E-state index >= 15 is 0 Å². The van der Waals surface area contributed by atoms with Crippen LogP contribution in [0.2, 0.25) is 0 Å². The predicted molar refractivity (Wildman–Crippen MR) is 279 cm³/mol. The van der Waals surface area contributed by atoms with Crippen molar-refractivity contribution in [3.63, 3.8) is 0 Å². The van der Waals surface area contributed by atoms with Crippen molar-refractivity contribution in [2.75, 3.05) is 9.80 Å². The SMILES string of the molecule is CC1(C)c2ccccc2-c2ccc(N(c3ccc4c5ccccc5n(-c5ccc(F)cc5)c4c3)c3cccc4c3C35c6c(cccc6N(c6ccccc6)c6ccccc6)CC3CCC5C4)cc21. The van der Waals surface area contributed by atoms with Gasteiger partial charge in [-0.3, -0.25) is 0 Å². The monoisotopic (exact) mass is 879 g/mol. The zero-order chi connectivity index (χ0) is 45.3. The van der Waals surface area contributed by atoms with Crippen molar-refractivity contribution in [1.29, 1.82) is 0 Å². The summed E-state index contributed by atoms with van der Waals surface area (Å²) in [6.45, 7) is 4.77. The molecule has 0 bridgehead atoms. The summed E-state index contributed by atoms with van der Waals surface area (Å²) in [5.41, 5.74) is 21.2. The van der Waals surface area contributed by atoms with E-state index in [1.54, 1.807) is 12.1 Å². The largest absolute Gasteiger partial charge is 0.310 e. The molecule has 4 aliphatic carbocycles. The summed E-state index contributed by atoms with van der Waals surface area (Å²) in [4.78, 5) is 5.12. The van der Waals surface area contributed by atoms with Gasteiger partial charge in [-0.25, -0.2) is 4.39 Å². The van der Waals surface area contributed by atoms with Crippen molar-refractivity contribution >= 4 is 55.9 Å². The molecule has 0 radical (unpaired) electrons. The van der Waals surface area contributed by atoms with Gasteiger partial charge in [-0.05, 0) is 173 Å². The molecule has 0 saturated heterocycles. The molecule has 0 N–H and O–H groups in total. The number of aromatic nitrogens is 1. The maximum Gasteiger partial charge on any atom is 0.123 e. The van der Waals surface area contributed by atoms with Crippen LogP contribution in [0.4, 0.5) is 38.5 Å². The van der Waals surface area contributed by atoms with Crippen LogP contribution in [0.25, 0.3) is 38.6 Å². The zero-order valence-electron chi connectivity index (χ0n) is 38.3. The Morgan fingerprint density at radius 3 is 1.68 bits per heavy atom. The van der Waals surface area contributed by atoms with Gasteiger partial charge in [0, 0.05) is 50.0 Å². The molecule has 0 amide bonds. The van der Waals surface area contributed by atoms with E-state index in [2.05, 4.69) is 210 Å². The Hall–Kier alpha value is -7.69. The average Bonchev–Trinajstić information content (AvgIpc) is 4.14. The Bertz CT molecular complexity index is 3600. The summed E-state index contributed by atoms with van der Waals surface area (Å²) >= 11 is 0. The van der Waals surface area contributed by atoms with Gasteiger partial charge in [0.1, 0.15) is 5.82 Å². The van der Waals surface area contributed by atoms with Crippen LogP contribution in [0, 0.1) is 17.7 Å². The van der Waals surface area contributed by atoms with Gasteiger partial charge in [0.25, 0.3) is 0 Å². The molecular weight excluding hydrogens is 830 g/mol. The number of hydrogen-bond acceptors (Lipinski definition) is 2. The molecule has 3 nitrogen and oxygen atoms in total. The topological polar surface area (TPSA) is 11.4 Å². The van der Waals surface area contributed by atoms with Gasteiger partial charge in [-0.1, -0.05) is 129 Å². The van der Waals surface area contributed by atoms with Crippen molar-refractivity contribution in [3.05, 3.63) is 245 Å². The van der Waals surface area contributed by atoms with E-state index in [1.807, 2.05) is 12.1 Å². The van der Waals surface area contributed by atoms with E-state index < -0.39 is 0 Å². The number of para-hydroxylation sites is 3. The fourth-order valence-corrected chi connectivity index (χ4v) is 13.8. The van der Waals surface area contributed by atoms with Crippen LogP contribution in [0.5, 0.6) is 0 Å². The third kappa shape index (κ3) is 5.46. The van der Waals surface area contributed by atoms with Crippen molar-refractivity contribution in [2.24, 2.45) is 11.8 Å². The first-order chi connectivity index (χ1) is 33.4. The van der Waals surface area contributed by atoms with E-state index in [0.717, 1.165) is 40.9 Å². The molecule has 1 fully saturated rings. The lowest BCUT2D eigenvalue weighted by atomic mass is 9.68. The first-order valence-electron chi connectivity index (χ1n) is 24.4. The molecule has 3 atom stereocenters. The number of rotatable bonds is 7. The van der Waals surface area contributed by atoms with Crippen LogP contribution < -0.4 is 9.80 Å². The molecule has 4 aliphatic rings. The number of anilines is 6. The van der Waals surface area contributed by atoms with Gasteiger partial charge in [0.05, 0.1) is 22.4 Å². The molecule has 1 spiro atoms. The van der Waals surface area contributed by atoms with Crippen molar-refractivity contribution in [2.45, 2.75) is 50.4 Å². The predicted octanol–water partition coefficient (Wildman–Crippen LogP) is 16.6. The summed E-state index contributed by atoms with van der Waals surface area (Å²) in [5, 5.41) is 2.35. The van der Waals surface area contributed by atoms with Crippen molar-refractivity contribution in [1.82, 2.24) is 4.57 Å². The van der Waals surface area contributed by atoms with E-state index in [9.17, 15) is 4.39 Å². The summed E-state index contributed by atoms with van der Waals surface area (Å²) in [6, 6.07) is 75.0. The molecule has 3 unspecified atom stereocenters. The first kappa shape index (κ1) is 39.5.